The third kappa shape index (κ3) is 6.28. The molecule has 0 spiro atoms. The molecule has 0 amide bonds. The fraction of sp³-hybridized carbons (Fsp3) is 0.333. The topological polar surface area (TPSA) is 141 Å². The molecule has 1 unspecified atom stereocenters. The molecule has 208 valence electrons. The Kier molecular flexibility index (Phi) is 9.28. The standard InChI is InChI=1S/C24H25Cl2N5O6S2/c1-16-15-38-24(31(33)34)22(16)23(17-2-7-21-20(14-17)27-28-30(21)12-13-32)39(35,36)37-19-5-3-18(4-6-19)29(10-8-25)11-9-26/h2-7,14-15,23,32H,8-13H2,1H3. The first kappa shape index (κ1) is 29.0. The van der Waals surface area contributed by atoms with E-state index in [1.54, 1.807) is 36.6 Å². The molecule has 0 saturated heterocycles. The lowest BCUT2D eigenvalue weighted by atomic mass is 10.0. The van der Waals surface area contributed by atoms with Crippen molar-refractivity contribution < 1.29 is 22.6 Å². The molecular formula is C24H25Cl2N5O6S2. The highest BCUT2D eigenvalue weighted by Crippen LogP contribution is 2.43. The second kappa shape index (κ2) is 12.5. The number of benzene rings is 2. The van der Waals surface area contributed by atoms with Gasteiger partial charge >= 0.3 is 15.1 Å². The maximum absolute atomic E-state index is 13.8. The Hall–Kier alpha value is -2.97. The fourth-order valence-electron chi connectivity index (χ4n) is 4.26. The maximum Gasteiger partial charge on any atom is 0.329 e. The minimum absolute atomic E-state index is 0.0270. The Bertz CT molecular complexity index is 1550. The quantitative estimate of drug-likeness (QED) is 0.0999. The smallest absolute Gasteiger partial charge is 0.329 e. The van der Waals surface area contributed by atoms with Crippen molar-refractivity contribution in [3.8, 4) is 5.75 Å². The number of hydrogen-bond acceptors (Lipinski definition) is 10. The SMILES string of the molecule is Cc1csc([N+](=O)[O-])c1C(c1ccc2c(c1)nnn2CCO)S(=O)(=O)Oc1ccc(N(CCCl)CCCl)cc1. The molecule has 2 heterocycles. The summed E-state index contributed by atoms with van der Waals surface area (Å²) in [6, 6.07) is 11.1. The Morgan fingerprint density at radius 3 is 2.49 bits per heavy atom. The molecule has 0 fully saturated rings. The molecule has 0 aliphatic rings. The number of aliphatic hydroxyl groups excluding tert-OH is 1. The summed E-state index contributed by atoms with van der Waals surface area (Å²) in [6.07, 6.45) is 0. The van der Waals surface area contributed by atoms with Crippen LogP contribution in [0.15, 0.2) is 47.8 Å². The van der Waals surface area contributed by atoms with Crippen LogP contribution < -0.4 is 9.08 Å². The largest absolute Gasteiger partial charge is 0.394 e. The van der Waals surface area contributed by atoms with Crippen LogP contribution in [0.5, 0.6) is 5.75 Å². The number of fused-ring (bicyclic) bond motifs is 1. The highest BCUT2D eigenvalue weighted by Gasteiger charge is 2.39. The highest BCUT2D eigenvalue weighted by molar-refractivity contribution is 7.87. The third-order valence-corrected chi connectivity index (χ3v) is 8.91. The van der Waals surface area contributed by atoms with Crippen LogP contribution in [0.1, 0.15) is 21.9 Å². The molecule has 4 rings (SSSR count). The van der Waals surface area contributed by atoms with Crippen LogP contribution >= 0.6 is 34.5 Å². The minimum Gasteiger partial charge on any atom is -0.394 e. The molecule has 2 aromatic heterocycles. The Balaban J connectivity index is 1.76. The minimum atomic E-state index is -4.50. The van der Waals surface area contributed by atoms with E-state index in [0.717, 1.165) is 17.0 Å². The predicted molar refractivity (Wildman–Crippen MR) is 152 cm³/mol. The zero-order valence-electron chi connectivity index (χ0n) is 20.7. The second-order valence-electron chi connectivity index (χ2n) is 8.49. The van der Waals surface area contributed by atoms with Crippen LogP contribution in [0.3, 0.4) is 0 Å². The number of nitro groups is 1. The molecule has 2 aromatic carbocycles. The normalized spacial score (nSPS) is 12.5. The van der Waals surface area contributed by atoms with Crippen molar-refractivity contribution in [1.29, 1.82) is 0 Å². The first-order valence-electron chi connectivity index (χ1n) is 11.8. The Morgan fingerprint density at radius 1 is 1.18 bits per heavy atom. The molecule has 4 aromatic rings. The number of hydrogen-bond donors (Lipinski definition) is 1. The number of anilines is 1. The summed E-state index contributed by atoms with van der Waals surface area (Å²) in [6.45, 7) is 2.79. The maximum atomic E-state index is 13.8. The molecule has 15 heteroatoms. The molecule has 0 aliphatic heterocycles. The number of halogens is 2. The van der Waals surface area contributed by atoms with Gasteiger partial charge in [-0.2, -0.15) is 8.42 Å². The molecule has 11 nitrogen and oxygen atoms in total. The number of alkyl halides is 2. The molecule has 39 heavy (non-hydrogen) atoms. The van der Waals surface area contributed by atoms with Crippen molar-refractivity contribution in [2.24, 2.45) is 0 Å². The summed E-state index contributed by atoms with van der Waals surface area (Å²) in [4.78, 5) is 13.2. The lowest BCUT2D eigenvalue weighted by Gasteiger charge is -2.23. The van der Waals surface area contributed by atoms with Gasteiger partial charge in [0.05, 0.1) is 29.2 Å². The summed E-state index contributed by atoms with van der Waals surface area (Å²) >= 11 is 12.6. The molecule has 0 aliphatic carbocycles. The van der Waals surface area contributed by atoms with Crippen molar-refractivity contribution in [3.05, 3.63) is 74.6 Å². The van der Waals surface area contributed by atoms with Crippen molar-refractivity contribution in [1.82, 2.24) is 15.0 Å². The van der Waals surface area contributed by atoms with E-state index < -0.39 is 20.3 Å². The van der Waals surface area contributed by atoms with Crippen LogP contribution in [-0.4, -0.2) is 64.9 Å². The predicted octanol–water partition coefficient (Wildman–Crippen LogP) is 4.48. The number of aromatic nitrogens is 3. The lowest BCUT2D eigenvalue weighted by molar-refractivity contribution is -0.380. The fourth-order valence-corrected chi connectivity index (χ4v) is 7.19. The monoisotopic (exact) mass is 613 g/mol. The van der Waals surface area contributed by atoms with Crippen molar-refractivity contribution in [2.75, 3.05) is 36.4 Å². The van der Waals surface area contributed by atoms with Crippen LogP contribution in [0, 0.1) is 17.0 Å². The summed E-state index contributed by atoms with van der Waals surface area (Å²) in [5.41, 5.74) is 2.45. The van der Waals surface area contributed by atoms with Crippen LogP contribution in [0.25, 0.3) is 11.0 Å². The van der Waals surface area contributed by atoms with E-state index in [0.29, 0.717) is 41.4 Å². The van der Waals surface area contributed by atoms with Gasteiger partial charge in [-0.1, -0.05) is 22.6 Å². The van der Waals surface area contributed by atoms with Gasteiger partial charge in [-0.3, -0.25) is 10.1 Å². The molecule has 0 saturated carbocycles. The summed E-state index contributed by atoms with van der Waals surface area (Å²) in [5, 5.41) is 28.9. The van der Waals surface area contributed by atoms with E-state index in [1.165, 1.54) is 22.9 Å². The molecule has 0 radical (unpaired) electrons. The zero-order valence-corrected chi connectivity index (χ0v) is 23.9. The third-order valence-electron chi connectivity index (χ3n) is 5.99. The average Bonchev–Trinajstić information content (AvgIpc) is 3.48. The van der Waals surface area contributed by atoms with Gasteiger partial charge in [0.2, 0.25) is 0 Å². The average molecular weight is 615 g/mol. The number of nitrogens with zero attached hydrogens (tertiary/aromatic N) is 5. The molecule has 1 N–H and O–H groups in total. The summed E-state index contributed by atoms with van der Waals surface area (Å²) in [7, 11) is -4.50. The second-order valence-corrected chi connectivity index (χ2v) is 11.7. The number of rotatable bonds is 13. The van der Waals surface area contributed by atoms with E-state index in [4.69, 9.17) is 27.4 Å². The lowest BCUT2D eigenvalue weighted by Crippen LogP contribution is -2.27. The van der Waals surface area contributed by atoms with Crippen molar-refractivity contribution >= 4 is 66.4 Å². The van der Waals surface area contributed by atoms with Gasteiger partial charge in [-0.05, 0) is 54.4 Å². The van der Waals surface area contributed by atoms with Gasteiger partial charge in [0.25, 0.3) is 0 Å². The van der Waals surface area contributed by atoms with Crippen LogP contribution in [-0.2, 0) is 16.7 Å². The van der Waals surface area contributed by atoms with Gasteiger partial charge in [0.1, 0.15) is 11.3 Å². The van der Waals surface area contributed by atoms with E-state index >= 15 is 0 Å². The van der Waals surface area contributed by atoms with Gasteiger partial charge in [-0.15, -0.1) is 28.3 Å². The zero-order chi connectivity index (χ0) is 28.2. The van der Waals surface area contributed by atoms with E-state index in [-0.39, 0.29) is 35.0 Å². The van der Waals surface area contributed by atoms with Crippen LogP contribution in [0.4, 0.5) is 10.7 Å². The number of aryl methyl sites for hydroxylation is 1. The van der Waals surface area contributed by atoms with Gasteiger partial charge < -0.3 is 14.2 Å². The highest BCUT2D eigenvalue weighted by atomic mass is 35.5. The van der Waals surface area contributed by atoms with Gasteiger partial charge in [-0.25, -0.2) is 4.68 Å². The van der Waals surface area contributed by atoms with Gasteiger partial charge in [0.15, 0.2) is 5.25 Å². The molecule has 1 atom stereocenters. The van der Waals surface area contributed by atoms with E-state index in [9.17, 15) is 23.6 Å². The summed E-state index contributed by atoms with van der Waals surface area (Å²) in [5.74, 6) is 0.829. The first-order chi connectivity index (χ1) is 18.7. The van der Waals surface area contributed by atoms with Gasteiger partial charge in [0, 0.05) is 35.9 Å². The van der Waals surface area contributed by atoms with Crippen molar-refractivity contribution in [2.45, 2.75) is 18.7 Å². The summed E-state index contributed by atoms with van der Waals surface area (Å²) < 4.78 is 34.7. The number of aliphatic hydroxyl groups is 1. The molecular weight excluding hydrogens is 589 g/mol. The van der Waals surface area contributed by atoms with E-state index in [2.05, 4.69) is 10.3 Å². The molecule has 0 bridgehead atoms. The van der Waals surface area contributed by atoms with Crippen LogP contribution in [0.2, 0.25) is 0 Å². The first-order valence-corrected chi connectivity index (χ1v) is 15.2. The Labute approximate surface area is 238 Å². The van der Waals surface area contributed by atoms with E-state index in [1.807, 2.05) is 4.90 Å². The number of thiophene rings is 1. The Morgan fingerprint density at radius 2 is 1.87 bits per heavy atom. The van der Waals surface area contributed by atoms with Crippen molar-refractivity contribution in [3.63, 3.8) is 0 Å².